The minimum Gasteiger partial charge on any atom is -0.490 e. The third-order valence-electron chi connectivity index (χ3n) is 1.73. The van der Waals surface area contributed by atoms with Crippen LogP contribution in [-0.4, -0.2) is 11.6 Å². The van der Waals surface area contributed by atoms with Gasteiger partial charge >= 0.3 is 0 Å². The second kappa shape index (κ2) is 2.81. The number of rotatable bonds is 0. The van der Waals surface area contributed by atoms with Gasteiger partial charge in [0.05, 0.1) is 16.8 Å². The highest BCUT2D eigenvalue weighted by Crippen LogP contribution is 2.30. The predicted octanol–water partition coefficient (Wildman–Crippen LogP) is 2.17. The number of pyridine rings is 1. The molecule has 1 aromatic heterocycles. The van der Waals surface area contributed by atoms with Crippen molar-refractivity contribution in [2.24, 2.45) is 0 Å². The molecule has 0 saturated heterocycles. The Morgan fingerprint density at radius 2 is 2.45 bits per heavy atom. The first-order valence-electron chi connectivity index (χ1n) is 3.64. The fourth-order valence-corrected chi connectivity index (χ4v) is 1.67. The van der Waals surface area contributed by atoms with Gasteiger partial charge in [-0.05, 0) is 34.8 Å². The number of hydrogen-bond acceptors (Lipinski definition) is 2. The predicted molar refractivity (Wildman–Crippen MR) is 45.8 cm³/mol. The molecular weight excluding hydrogens is 206 g/mol. The van der Waals surface area contributed by atoms with Gasteiger partial charge in [-0.2, -0.15) is 0 Å². The van der Waals surface area contributed by atoms with Crippen LogP contribution in [0.25, 0.3) is 0 Å². The molecule has 0 unspecified atom stereocenters. The Morgan fingerprint density at radius 1 is 1.55 bits per heavy atom. The fraction of sp³-hybridized carbons (Fsp3) is 0.375. The van der Waals surface area contributed by atoms with E-state index in [9.17, 15) is 0 Å². The van der Waals surface area contributed by atoms with E-state index in [0.29, 0.717) is 0 Å². The van der Waals surface area contributed by atoms with E-state index in [1.165, 1.54) is 0 Å². The van der Waals surface area contributed by atoms with Crippen LogP contribution in [0.2, 0.25) is 0 Å². The summed E-state index contributed by atoms with van der Waals surface area (Å²) in [4.78, 5) is 4.23. The van der Waals surface area contributed by atoms with Gasteiger partial charge in [0.1, 0.15) is 0 Å². The summed E-state index contributed by atoms with van der Waals surface area (Å²) in [6, 6.07) is 1.91. The average Bonchev–Trinajstić information content (AvgIpc) is 2.06. The number of aryl methyl sites for hydroxylation is 1. The lowest BCUT2D eigenvalue weighted by molar-refractivity contribution is 0.283. The third-order valence-corrected chi connectivity index (χ3v) is 2.36. The molecule has 1 aliphatic rings. The van der Waals surface area contributed by atoms with Crippen LogP contribution in [0.1, 0.15) is 12.1 Å². The van der Waals surface area contributed by atoms with Crippen LogP contribution >= 0.6 is 15.9 Å². The van der Waals surface area contributed by atoms with E-state index in [4.69, 9.17) is 4.74 Å². The maximum Gasteiger partial charge on any atom is 0.154 e. The maximum atomic E-state index is 5.44. The first-order chi connectivity index (χ1) is 5.38. The molecule has 0 fully saturated rings. The van der Waals surface area contributed by atoms with Crippen molar-refractivity contribution in [3.63, 3.8) is 0 Å². The SMILES string of the molecule is Brc1ccnc2c1OCCC2. The van der Waals surface area contributed by atoms with Gasteiger partial charge in [0.25, 0.3) is 0 Å². The Balaban J connectivity index is 2.49. The van der Waals surface area contributed by atoms with E-state index in [2.05, 4.69) is 20.9 Å². The smallest absolute Gasteiger partial charge is 0.154 e. The zero-order chi connectivity index (χ0) is 7.68. The lowest BCUT2D eigenvalue weighted by atomic mass is 10.2. The maximum absolute atomic E-state index is 5.44. The summed E-state index contributed by atoms with van der Waals surface area (Å²) in [6.45, 7) is 0.817. The quantitative estimate of drug-likeness (QED) is 0.660. The van der Waals surface area contributed by atoms with Crippen LogP contribution in [-0.2, 0) is 6.42 Å². The molecule has 0 atom stereocenters. The highest BCUT2D eigenvalue weighted by atomic mass is 79.9. The zero-order valence-electron chi connectivity index (χ0n) is 6.01. The molecule has 58 valence electrons. The second-order valence-electron chi connectivity index (χ2n) is 2.52. The van der Waals surface area contributed by atoms with Crippen molar-refractivity contribution in [1.29, 1.82) is 0 Å². The number of hydrogen-bond donors (Lipinski definition) is 0. The Hall–Kier alpha value is -0.570. The first-order valence-corrected chi connectivity index (χ1v) is 4.43. The summed E-state index contributed by atoms with van der Waals surface area (Å²) in [5.41, 5.74) is 1.07. The average molecular weight is 214 g/mol. The Morgan fingerprint density at radius 3 is 3.27 bits per heavy atom. The summed E-state index contributed by atoms with van der Waals surface area (Å²) in [6.07, 6.45) is 3.92. The van der Waals surface area contributed by atoms with Gasteiger partial charge in [0.2, 0.25) is 0 Å². The zero-order valence-corrected chi connectivity index (χ0v) is 7.60. The molecule has 0 spiro atoms. The molecule has 0 N–H and O–H groups in total. The number of ether oxygens (including phenoxy) is 1. The van der Waals surface area contributed by atoms with E-state index in [-0.39, 0.29) is 0 Å². The summed E-state index contributed by atoms with van der Waals surface area (Å²) >= 11 is 3.42. The van der Waals surface area contributed by atoms with Gasteiger partial charge in [-0.3, -0.25) is 4.98 Å². The van der Waals surface area contributed by atoms with Crippen molar-refractivity contribution in [3.05, 3.63) is 22.4 Å². The molecule has 2 heterocycles. The van der Waals surface area contributed by atoms with Crippen molar-refractivity contribution < 1.29 is 4.74 Å². The van der Waals surface area contributed by atoms with Crippen LogP contribution < -0.4 is 4.74 Å². The summed E-state index contributed by atoms with van der Waals surface area (Å²) < 4.78 is 6.46. The lowest BCUT2D eigenvalue weighted by Crippen LogP contribution is -2.09. The van der Waals surface area contributed by atoms with E-state index >= 15 is 0 Å². The molecule has 3 heteroatoms. The summed E-state index contributed by atoms with van der Waals surface area (Å²) in [7, 11) is 0. The van der Waals surface area contributed by atoms with Crippen LogP contribution in [0, 0.1) is 0 Å². The molecule has 11 heavy (non-hydrogen) atoms. The molecule has 1 aromatic rings. The number of aromatic nitrogens is 1. The normalized spacial score (nSPS) is 15.4. The van der Waals surface area contributed by atoms with Gasteiger partial charge in [-0.1, -0.05) is 0 Å². The minimum absolute atomic E-state index is 0.817. The van der Waals surface area contributed by atoms with Crippen molar-refractivity contribution >= 4 is 15.9 Å². The van der Waals surface area contributed by atoms with E-state index in [1.807, 2.05) is 6.07 Å². The topological polar surface area (TPSA) is 22.1 Å². The van der Waals surface area contributed by atoms with Gasteiger partial charge in [0, 0.05) is 6.20 Å². The van der Waals surface area contributed by atoms with Crippen LogP contribution in [0.15, 0.2) is 16.7 Å². The summed E-state index contributed by atoms with van der Waals surface area (Å²) in [5, 5.41) is 0. The van der Waals surface area contributed by atoms with Crippen molar-refractivity contribution in [3.8, 4) is 5.75 Å². The number of nitrogens with zero attached hydrogens (tertiary/aromatic N) is 1. The van der Waals surface area contributed by atoms with Gasteiger partial charge < -0.3 is 4.74 Å². The highest BCUT2D eigenvalue weighted by molar-refractivity contribution is 9.10. The molecule has 0 amide bonds. The van der Waals surface area contributed by atoms with Crippen LogP contribution in [0.4, 0.5) is 0 Å². The lowest BCUT2D eigenvalue weighted by Gasteiger charge is -2.16. The van der Waals surface area contributed by atoms with Gasteiger partial charge in [0.15, 0.2) is 5.75 Å². The largest absolute Gasteiger partial charge is 0.490 e. The van der Waals surface area contributed by atoms with E-state index in [0.717, 1.165) is 35.4 Å². The minimum atomic E-state index is 0.817. The molecule has 1 aliphatic heterocycles. The molecule has 0 aliphatic carbocycles. The third kappa shape index (κ3) is 1.25. The van der Waals surface area contributed by atoms with Crippen molar-refractivity contribution in [2.75, 3.05) is 6.61 Å². The fourth-order valence-electron chi connectivity index (χ4n) is 1.21. The van der Waals surface area contributed by atoms with E-state index < -0.39 is 0 Å². The monoisotopic (exact) mass is 213 g/mol. The molecular formula is C8H8BrNO. The second-order valence-corrected chi connectivity index (χ2v) is 3.37. The molecule has 0 saturated carbocycles. The highest BCUT2D eigenvalue weighted by Gasteiger charge is 2.13. The standard InChI is InChI=1S/C8H8BrNO/c9-6-3-4-10-7-2-1-5-11-8(6)7/h3-4H,1-2,5H2. The van der Waals surface area contributed by atoms with Crippen molar-refractivity contribution in [1.82, 2.24) is 4.98 Å². The molecule has 0 aromatic carbocycles. The van der Waals surface area contributed by atoms with E-state index in [1.54, 1.807) is 6.20 Å². The number of halogens is 1. The van der Waals surface area contributed by atoms with Gasteiger partial charge in [-0.25, -0.2) is 0 Å². The Kier molecular flexibility index (Phi) is 1.82. The molecule has 0 radical (unpaired) electrons. The molecule has 2 rings (SSSR count). The number of fused-ring (bicyclic) bond motifs is 1. The summed E-state index contributed by atoms with van der Waals surface area (Å²) in [5.74, 6) is 0.929. The Labute approximate surface area is 73.7 Å². The van der Waals surface area contributed by atoms with Gasteiger partial charge in [-0.15, -0.1) is 0 Å². The Bertz CT molecular complexity index is 275. The van der Waals surface area contributed by atoms with Crippen LogP contribution in [0.5, 0.6) is 5.75 Å². The van der Waals surface area contributed by atoms with Crippen LogP contribution in [0.3, 0.4) is 0 Å². The first kappa shape index (κ1) is 7.10. The molecule has 0 bridgehead atoms. The van der Waals surface area contributed by atoms with Crippen molar-refractivity contribution in [2.45, 2.75) is 12.8 Å². The molecule has 2 nitrogen and oxygen atoms in total.